The fourth-order valence-electron chi connectivity index (χ4n) is 2.90. The summed E-state index contributed by atoms with van der Waals surface area (Å²) in [6.45, 7) is 3.20. The van der Waals surface area contributed by atoms with Crippen molar-refractivity contribution >= 4 is 56.5 Å². The number of anilines is 1. The van der Waals surface area contributed by atoms with Crippen molar-refractivity contribution in [1.82, 2.24) is 14.5 Å². The van der Waals surface area contributed by atoms with Gasteiger partial charge in [0.25, 0.3) is 0 Å². The molecule has 2 heterocycles. The van der Waals surface area contributed by atoms with Gasteiger partial charge in [0.05, 0.1) is 10.6 Å². The van der Waals surface area contributed by atoms with Gasteiger partial charge in [0.1, 0.15) is 0 Å². The lowest BCUT2D eigenvalue weighted by atomic mass is 10.2. The first-order valence-electron chi connectivity index (χ1n) is 9.48. The van der Waals surface area contributed by atoms with Gasteiger partial charge in [-0.25, -0.2) is 8.42 Å². The summed E-state index contributed by atoms with van der Waals surface area (Å²) < 4.78 is 28.8. The largest absolute Gasteiger partial charge is 0.325 e. The van der Waals surface area contributed by atoms with Crippen molar-refractivity contribution in [3.05, 3.63) is 24.3 Å². The molecular formula is C18H24N4O3S4. The first-order chi connectivity index (χ1) is 14.0. The number of hydrogen-bond acceptors (Lipinski definition) is 8. The Morgan fingerprint density at radius 1 is 1.07 bits per heavy atom. The normalized spacial score (nSPS) is 15.8. The maximum absolute atomic E-state index is 12.8. The lowest BCUT2D eigenvalue weighted by Crippen LogP contribution is -2.31. The molecule has 1 amide bonds. The monoisotopic (exact) mass is 472 g/mol. The minimum atomic E-state index is -3.48. The number of thioether (sulfide) groups is 2. The Morgan fingerprint density at radius 2 is 1.69 bits per heavy atom. The van der Waals surface area contributed by atoms with Gasteiger partial charge in [-0.05, 0) is 42.9 Å². The Labute approximate surface area is 184 Å². The van der Waals surface area contributed by atoms with Crippen LogP contribution in [0.5, 0.6) is 0 Å². The molecule has 0 saturated carbocycles. The molecular weight excluding hydrogens is 448 g/mol. The van der Waals surface area contributed by atoms with Gasteiger partial charge in [0.2, 0.25) is 15.9 Å². The smallest absolute Gasteiger partial charge is 0.243 e. The molecule has 1 aliphatic heterocycles. The highest BCUT2D eigenvalue weighted by Gasteiger charge is 2.25. The van der Waals surface area contributed by atoms with Crippen molar-refractivity contribution in [2.24, 2.45) is 0 Å². The number of amides is 1. The van der Waals surface area contributed by atoms with Crippen LogP contribution >= 0.6 is 34.9 Å². The predicted molar refractivity (Wildman–Crippen MR) is 119 cm³/mol. The van der Waals surface area contributed by atoms with Crippen LogP contribution in [0.3, 0.4) is 0 Å². The van der Waals surface area contributed by atoms with Gasteiger partial charge in [-0.2, -0.15) is 4.31 Å². The summed E-state index contributed by atoms with van der Waals surface area (Å²) in [5.74, 6) is 0.987. The minimum Gasteiger partial charge on any atom is -0.325 e. The van der Waals surface area contributed by atoms with Crippen molar-refractivity contribution in [3.63, 3.8) is 0 Å². The van der Waals surface area contributed by atoms with E-state index in [9.17, 15) is 13.2 Å². The number of carbonyl (C=O) groups is 1. The molecule has 1 N–H and O–H groups in total. The van der Waals surface area contributed by atoms with Crippen LogP contribution in [-0.4, -0.2) is 53.4 Å². The second-order valence-electron chi connectivity index (χ2n) is 6.45. The molecule has 1 saturated heterocycles. The fraction of sp³-hybridized carbons (Fsp3) is 0.500. The summed E-state index contributed by atoms with van der Waals surface area (Å²) >= 11 is 4.44. The summed E-state index contributed by atoms with van der Waals surface area (Å²) in [6, 6.07) is 6.38. The van der Waals surface area contributed by atoms with Gasteiger partial charge < -0.3 is 5.32 Å². The molecule has 0 radical (unpaired) electrons. The van der Waals surface area contributed by atoms with E-state index in [2.05, 4.69) is 22.4 Å². The fourth-order valence-corrected chi connectivity index (χ4v) is 7.14. The Kier molecular flexibility index (Phi) is 8.36. The SMILES string of the molecule is CCSc1nnc(SCC(=O)Nc2ccc(S(=O)(=O)N3CCCCCC3)cc2)s1. The molecule has 158 valence electrons. The Hall–Kier alpha value is -1.14. The molecule has 11 heteroatoms. The average molecular weight is 473 g/mol. The van der Waals surface area contributed by atoms with Crippen molar-refractivity contribution in [1.29, 1.82) is 0 Å². The molecule has 1 aromatic carbocycles. The van der Waals surface area contributed by atoms with E-state index < -0.39 is 10.0 Å². The highest BCUT2D eigenvalue weighted by molar-refractivity contribution is 8.03. The van der Waals surface area contributed by atoms with Crippen LogP contribution in [0.4, 0.5) is 5.69 Å². The number of aromatic nitrogens is 2. The van der Waals surface area contributed by atoms with Crippen molar-refractivity contribution < 1.29 is 13.2 Å². The van der Waals surface area contributed by atoms with Crippen LogP contribution in [0.15, 0.2) is 37.8 Å². The molecule has 0 bridgehead atoms. The Balaban J connectivity index is 1.54. The zero-order valence-electron chi connectivity index (χ0n) is 16.2. The molecule has 0 aliphatic carbocycles. The van der Waals surface area contributed by atoms with Gasteiger partial charge in [0.15, 0.2) is 8.68 Å². The molecule has 2 aromatic rings. The molecule has 0 unspecified atom stereocenters. The van der Waals surface area contributed by atoms with Crippen molar-refractivity contribution in [2.45, 2.75) is 46.2 Å². The first kappa shape index (κ1) is 22.5. The second-order valence-corrected chi connectivity index (χ2v) is 12.1. The number of carbonyl (C=O) groups excluding carboxylic acids is 1. The van der Waals surface area contributed by atoms with E-state index in [-0.39, 0.29) is 16.6 Å². The van der Waals surface area contributed by atoms with E-state index in [0.29, 0.717) is 18.8 Å². The topological polar surface area (TPSA) is 92.3 Å². The van der Waals surface area contributed by atoms with E-state index in [1.807, 2.05) is 0 Å². The summed E-state index contributed by atoms with van der Waals surface area (Å²) in [5.41, 5.74) is 0.574. The van der Waals surface area contributed by atoms with E-state index in [4.69, 9.17) is 0 Å². The van der Waals surface area contributed by atoms with E-state index in [1.54, 1.807) is 40.3 Å². The van der Waals surface area contributed by atoms with E-state index in [1.165, 1.54) is 23.1 Å². The molecule has 1 aromatic heterocycles. The first-order valence-corrected chi connectivity index (χ1v) is 13.7. The van der Waals surface area contributed by atoms with E-state index >= 15 is 0 Å². The molecule has 1 aliphatic rings. The van der Waals surface area contributed by atoms with Gasteiger partial charge in [-0.1, -0.05) is 54.6 Å². The van der Waals surface area contributed by atoms with Crippen LogP contribution in [0.25, 0.3) is 0 Å². The van der Waals surface area contributed by atoms with Gasteiger partial charge in [0, 0.05) is 18.8 Å². The summed E-state index contributed by atoms with van der Waals surface area (Å²) in [4.78, 5) is 12.4. The van der Waals surface area contributed by atoms with Crippen LogP contribution in [0.1, 0.15) is 32.6 Å². The zero-order chi connectivity index (χ0) is 20.7. The Morgan fingerprint density at radius 3 is 2.31 bits per heavy atom. The number of hydrogen-bond donors (Lipinski definition) is 1. The van der Waals surface area contributed by atoms with Gasteiger partial charge in [-0.15, -0.1) is 10.2 Å². The molecule has 7 nitrogen and oxygen atoms in total. The van der Waals surface area contributed by atoms with Gasteiger partial charge >= 0.3 is 0 Å². The second kappa shape index (κ2) is 10.8. The third-order valence-corrected chi connectivity index (χ3v) is 9.31. The quantitative estimate of drug-likeness (QED) is 0.582. The molecule has 3 rings (SSSR count). The number of benzene rings is 1. The standard InChI is InChI=1S/C18H24N4O3S4/c1-2-26-17-20-21-18(28-17)27-13-16(23)19-14-7-9-15(10-8-14)29(24,25)22-11-5-3-4-6-12-22/h7-10H,2-6,11-13H2,1H3,(H,19,23). The number of nitrogens with one attached hydrogen (secondary N) is 1. The zero-order valence-corrected chi connectivity index (χ0v) is 19.4. The summed E-state index contributed by atoms with van der Waals surface area (Å²) in [5, 5.41) is 10.9. The highest BCUT2D eigenvalue weighted by Crippen LogP contribution is 2.28. The molecule has 1 fully saturated rings. The molecule has 29 heavy (non-hydrogen) atoms. The summed E-state index contributed by atoms with van der Waals surface area (Å²) in [7, 11) is -3.48. The van der Waals surface area contributed by atoms with E-state index in [0.717, 1.165) is 40.1 Å². The summed E-state index contributed by atoms with van der Waals surface area (Å²) in [6.07, 6.45) is 3.95. The number of nitrogens with zero attached hydrogens (tertiary/aromatic N) is 3. The number of sulfonamides is 1. The maximum Gasteiger partial charge on any atom is 0.243 e. The maximum atomic E-state index is 12.8. The van der Waals surface area contributed by atoms with Crippen LogP contribution < -0.4 is 5.32 Å². The number of rotatable bonds is 8. The van der Waals surface area contributed by atoms with Gasteiger partial charge in [-0.3, -0.25) is 4.79 Å². The van der Waals surface area contributed by atoms with Crippen molar-refractivity contribution in [3.8, 4) is 0 Å². The molecule has 0 atom stereocenters. The third-order valence-electron chi connectivity index (χ3n) is 4.32. The highest BCUT2D eigenvalue weighted by atomic mass is 32.2. The van der Waals surface area contributed by atoms with Crippen LogP contribution in [0, 0.1) is 0 Å². The van der Waals surface area contributed by atoms with Crippen LogP contribution in [-0.2, 0) is 14.8 Å². The van der Waals surface area contributed by atoms with Crippen LogP contribution in [0.2, 0.25) is 0 Å². The minimum absolute atomic E-state index is 0.169. The Bertz CT molecular complexity index is 907. The predicted octanol–water partition coefficient (Wildman–Crippen LogP) is 3.95. The average Bonchev–Trinajstić information content (AvgIpc) is 2.97. The lowest BCUT2D eigenvalue weighted by Gasteiger charge is -2.20. The lowest BCUT2D eigenvalue weighted by molar-refractivity contribution is -0.113. The molecule has 0 spiro atoms. The third kappa shape index (κ3) is 6.42. The van der Waals surface area contributed by atoms with Crippen molar-refractivity contribution in [2.75, 3.05) is 29.9 Å².